The van der Waals surface area contributed by atoms with Gasteiger partial charge < -0.3 is 24.8 Å². The summed E-state index contributed by atoms with van der Waals surface area (Å²) in [7, 11) is 0. The minimum absolute atomic E-state index is 0.151. The van der Waals surface area contributed by atoms with Crippen LogP contribution in [0.15, 0.2) is 17.7 Å². The van der Waals surface area contributed by atoms with Gasteiger partial charge in [-0.05, 0) is 6.92 Å². The van der Waals surface area contributed by atoms with Crippen LogP contribution in [0.4, 0.5) is 10.2 Å². The minimum atomic E-state index is -2.23. The monoisotopic (exact) mass is 367 g/mol. The summed E-state index contributed by atoms with van der Waals surface area (Å²) in [5.74, 6) is -0.233. The normalized spacial score (nSPS) is 28.4. The van der Waals surface area contributed by atoms with Gasteiger partial charge in [0.05, 0.1) is 12.0 Å². The Morgan fingerprint density at radius 1 is 1.54 bits per heavy atom. The smallest absolute Gasteiger partial charge is 0.222 e. The molecule has 0 aliphatic carbocycles. The van der Waals surface area contributed by atoms with Crippen molar-refractivity contribution in [3.8, 4) is 0 Å². The zero-order valence-electron chi connectivity index (χ0n) is 14.1. The molecule has 0 bridgehead atoms. The fourth-order valence-corrected chi connectivity index (χ4v) is 3.15. The van der Waals surface area contributed by atoms with Gasteiger partial charge in [-0.2, -0.15) is 4.91 Å². The van der Waals surface area contributed by atoms with Gasteiger partial charge in [0.15, 0.2) is 11.9 Å². The second-order valence-corrected chi connectivity index (χ2v) is 6.26. The summed E-state index contributed by atoms with van der Waals surface area (Å²) in [5, 5.41) is 25.1. The van der Waals surface area contributed by atoms with Crippen molar-refractivity contribution in [1.29, 1.82) is 0 Å². The molecule has 1 fully saturated rings. The maximum atomic E-state index is 15.1. The van der Waals surface area contributed by atoms with Crippen LogP contribution in [0.2, 0.25) is 0 Å². The topological polar surface area (TPSA) is 139 Å². The van der Waals surface area contributed by atoms with E-state index in [2.05, 4.69) is 20.5 Å². The van der Waals surface area contributed by atoms with Crippen LogP contribution >= 0.6 is 0 Å². The van der Waals surface area contributed by atoms with E-state index < -0.39 is 30.7 Å². The number of carbonyl (C=O) groups excluding carboxylic acids is 1. The van der Waals surface area contributed by atoms with E-state index in [1.807, 2.05) is 0 Å². The average Bonchev–Trinajstić information content (AvgIpc) is 3.04. The SMILES string of the molecule is CC(=O)Nc1ncnc2c1c(CN=O)cn2[C@@H]1OC(CO)C(O)[C@@]1(C)F. The molecule has 4 atom stereocenters. The van der Waals surface area contributed by atoms with E-state index >= 15 is 4.39 Å². The highest BCUT2D eigenvalue weighted by Crippen LogP contribution is 2.43. The van der Waals surface area contributed by atoms with E-state index in [1.165, 1.54) is 24.0 Å². The number of aromatic nitrogens is 3. The molecular formula is C15H18FN5O5. The third kappa shape index (κ3) is 2.83. The fraction of sp³-hybridized carbons (Fsp3) is 0.533. The second-order valence-electron chi connectivity index (χ2n) is 6.26. The molecule has 1 aliphatic heterocycles. The molecule has 1 amide bonds. The first-order valence-corrected chi connectivity index (χ1v) is 7.85. The second kappa shape index (κ2) is 6.67. The molecular weight excluding hydrogens is 349 g/mol. The van der Waals surface area contributed by atoms with Crippen LogP contribution in [0.25, 0.3) is 11.0 Å². The Hall–Kier alpha value is -2.50. The third-order valence-electron chi connectivity index (χ3n) is 4.37. The highest BCUT2D eigenvalue weighted by Gasteiger charge is 2.55. The lowest BCUT2D eigenvalue weighted by molar-refractivity contribution is -0.114. The van der Waals surface area contributed by atoms with Crippen molar-refractivity contribution in [2.24, 2.45) is 5.18 Å². The van der Waals surface area contributed by atoms with Crippen LogP contribution in [-0.2, 0) is 16.1 Å². The summed E-state index contributed by atoms with van der Waals surface area (Å²) in [5.41, 5.74) is -1.67. The molecule has 1 aliphatic rings. The highest BCUT2D eigenvalue weighted by atomic mass is 19.1. The molecule has 3 N–H and O–H groups in total. The molecule has 2 aromatic heterocycles. The quantitative estimate of drug-likeness (QED) is 0.659. The molecule has 3 rings (SSSR count). The lowest BCUT2D eigenvalue weighted by Crippen LogP contribution is -2.40. The molecule has 26 heavy (non-hydrogen) atoms. The summed E-state index contributed by atoms with van der Waals surface area (Å²) in [4.78, 5) is 30.3. The van der Waals surface area contributed by atoms with Crippen molar-refractivity contribution in [3.05, 3.63) is 23.0 Å². The van der Waals surface area contributed by atoms with E-state index in [-0.39, 0.29) is 23.9 Å². The van der Waals surface area contributed by atoms with E-state index in [9.17, 15) is 19.9 Å². The predicted octanol–water partition coefficient (Wildman–Crippen LogP) is 0.635. The van der Waals surface area contributed by atoms with E-state index in [1.54, 1.807) is 0 Å². The number of halogens is 1. The summed E-state index contributed by atoms with van der Waals surface area (Å²) < 4.78 is 21.9. The average molecular weight is 367 g/mol. The Morgan fingerprint density at radius 2 is 2.27 bits per heavy atom. The van der Waals surface area contributed by atoms with Crippen molar-refractivity contribution in [2.45, 2.75) is 44.5 Å². The number of carbonyl (C=O) groups is 1. The predicted molar refractivity (Wildman–Crippen MR) is 87.8 cm³/mol. The molecule has 3 heterocycles. The summed E-state index contributed by atoms with van der Waals surface area (Å²) in [6, 6.07) is 0. The van der Waals surface area contributed by atoms with Gasteiger partial charge in [-0.15, -0.1) is 0 Å². The zero-order chi connectivity index (χ0) is 19.1. The van der Waals surface area contributed by atoms with E-state index in [0.29, 0.717) is 10.9 Å². The summed E-state index contributed by atoms with van der Waals surface area (Å²) >= 11 is 0. The van der Waals surface area contributed by atoms with Gasteiger partial charge >= 0.3 is 0 Å². The Kier molecular flexibility index (Phi) is 4.69. The maximum Gasteiger partial charge on any atom is 0.222 e. The molecule has 10 nitrogen and oxygen atoms in total. The molecule has 140 valence electrons. The first kappa shape index (κ1) is 18.3. The number of aliphatic hydroxyl groups is 2. The number of hydrogen-bond donors (Lipinski definition) is 3. The molecule has 1 saturated heterocycles. The molecule has 0 spiro atoms. The third-order valence-corrected chi connectivity index (χ3v) is 4.37. The largest absolute Gasteiger partial charge is 0.394 e. The van der Waals surface area contributed by atoms with Crippen LogP contribution in [-0.4, -0.2) is 55.1 Å². The van der Waals surface area contributed by atoms with Gasteiger partial charge in [0, 0.05) is 18.7 Å². The first-order chi connectivity index (χ1) is 12.3. The number of fused-ring (bicyclic) bond motifs is 1. The zero-order valence-corrected chi connectivity index (χ0v) is 14.1. The Balaban J connectivity index is 2.18. The van der Waals surface area contributed by atoms with Crippen molar-refractivity contribution >= 4 is 22.8 Å². The maximum absolute atomic E-state index is 15.1. The number of amides is 1. The van der Waals surface area contributed by atoms with Crippen molar-refractivity contribution in [3.63, 3.8) is 0 Å². The van der Waals surface area contributed by atoms with E-state index in [0.717, 1.165) is 6.92 Å². The molecule has 11 heteroatoms. The van der Waals surface area contributed by atoms with E-state index in [4.69, 9.17) is 4.74 Å². The van der Waals surface area contributed by atoms with Crippen LogP contribution in [0.1, 0.15) is 25.6 Å². The number of hydrogen-bond acceptors (Lipinski definition) is 8. The van der Waals surface area contributed by atoms with Crippen LogP contribution < -0.4 is 5.32 Å². The van der Waals surface area contributed by atoms with Gasteiger partial charge in [-0.1, -0.05) is 5.18 Å². The van der Waals surface area contributed by atoms with Gasteiger partial charge in [0.25, 0.3) is 0 Å². The number of nitrogens with one attached hydrogen (secondary N) is 1. The number of alkyl halides is 1. The number of nitrogens with zero attached hydrogens (tertiary/aromatic N) is 4. The van der Waals surface area contributed by atoms with Gasteiger partial charge in [-0.25, -0.2) is 14.4 Å². The highest BCUT2D eigenvalue weighted by molar-refractivity contribution is 5.99. The Labute approximate surface area is 147 Å². The van der Waals surface area contributed by atoms with Crippen molar-refractivity contribution < 1.29 is 24.1 Å². The van der Waals surface area contributed by atoms with Crippen LogP contribution in [0, 0.1) is 4.91 Å². The lowest BCUT2D eigenvalue weighted by Gasteiger charge is -2.25. The molecule has 2 unspecified atom stereocenters. The molecule has 0 aromatic carbocycles. The fourth-order valence-electron chi connectivity index (χ4n) is 3.15. The number of rotatable bonds is 5. The molecule has 0 saturated carbocycles. The standard InChI is InChI=1S/C15H18FN5O5/c1-7(23)20-12-10-8(3-19-25)4-21(13(10)18-6-17-12)14-15(2,16)11(24)9(5-22)26-14/h4,6,9,11,14,22,24H,3,5H2,1-2H3,(H,17,18,20,23)/t9?,11?,14-,15-/m1/s1. The Morgan fingerprint density at radius 3 is 2.85 bits per heavy atom. The van der Waals surface area contributed by atoms with Gasteiger partial charge in [0.2, 0.25) is 5.91 Å². The number of anilines is 1. The van der Waals surface area contributed by atoms with Crippen molar-refractivity contribution in [2.75, 3.05) is 11.9 Å². The van der Waals surface area contributed by atoms with Crippen LogP contribution in [0.5, 0.6) is 0 Å². The van der Waals surface area contributed by atoms with Crippen LogP contribution in [0.3, 0.4) is 0 Å². The van der Waals surface area contributed by atoms with Crippen molar-refractivity contribution in [1.82, 2.24) is 14.5 Å². The van der Waals surface area contributed by atoms with Gasteiger partial charge in [0.1, 0.15) is 36.5 Å². The number of ether oxygens (including phenoxy) is 1. The van der Waals surface area contributed by atoms with Gasteiger partial charge in [-0.3, -0.25) is 4.79 Å². The Bertz CT molecular complexity index is 854. The number of nitroso groups, excluding NO2 is 1. The first-order valence-electron chi connectivity index (χ1n) is 7.85. The summed E-state index contributed by atoms with van der Waals surface area (Å²) in [6.07, 6.45) is -1.39. The minimum Gasteiger partial charge on any atom is -0.394 e. The molecule has 0 radical (unpaired) electrons. The molecule has 2 aromatic rings. The summed E-state index contributed by atoms with van der Waals surface area (Å²) in [6.45, 7) is 1.62. The number of aliphatic hydroxyl groups excluding tert-OH is 2. The lowest BCUT2D eigenvalue weighted by atomic mass is 9.98.